The van der Waals surface area contributed by atoms with Crippen LogP contribution >= 0.6 is 23.2 Å². The molecule has 1 aliphatic heterocycles. The van der Waals surface area contributed by atoms with E-state index in [1.165, 1.54) is 0 Å². The van der Waals surface area contributed by atoms with Gasteiger partial charge in [0, 0.05) is 30.4 Å². The number of benzene rings is 1. The summed E-state index contributed by atoms with van der Waals surface area (Å²) in [7, 11) is 0. The molecule has 21 heavy (non-hydrogen) atoms. The van der Waals surface area contributed by atoms with Crippen molar-refractivity contribution < 1.29 is 4.74 Å². The number of rotatable bonds is 4. The lowest BCUT2D eigenvalue weighted by atomic mass is 9.96. The fourth-order valence-electron chi connectivity index (χ4n) is 2.64. The van der Waals surface area contributed by atoms with Gasteiger partial charge in [-0.25, -0.2) is 0 Å². The molecule has 0 saturated carbocycles. The minimum atomic E-state index is -0.105. The molecule has 0 bridgehead atoms. The van der Waals surface area contributed by atoms with Gasteiger partial charge in [-0.1, -0.05) is 35.3 Å². The van der Waals surface area contributed by atoms with Gasteiger partial charge in [0.15, 0.2) is 5.75 Å². The summed E-state index contributed by atoms with van der Waals surface area (Å²) in [6, 6.07) is 9.34. The normalized spacial score (nSPS) is 19.4. The first kappa shape index (κ1) is 14.6. The molecule has 1 saturated heterocycles. The Bertz CT molecular complexity index is 580. The predicted molar refractivity (Wildman–Crippen MR) is 85.0 cm³/mol. The third-order valence-electron chi connectivity index (χ3n) is 3.70. The van der Waals surface area contributed by atoms with Crippen LogP contribution in [0.15, 0.2) is 42.7 Å². The molecule has 1 aromatic heterocycles. The lowest BCUT2D eigenvalue weighted by Gasteiger charge is -2.25. The van der Waals surface area contributed by atoms with E-state index in [-0.39, 0.29) is 6.10 Å². The minimum Gasteiger partial charge on any atom is -0.482 e. The number of hydrogen-bond acceptors (Lipinski definition) is 3. The Kier molecular flexibility index (Phi) is 4.63. The Morgan fingerprint density at radius 3 is 2.62 bits per heavy atom. The van der Waals surface area contributed by atoms with Crippen LogP contribution < -0.4 is 10.1 Å². The van der Waals surface area contributed by atoms with Crippen molar-refractivity contribution in [3.8, 4) is 5.75 Å². The van der Waals surface area contributed by atoms with Gasteiger partial charge in [0.05, 0.1) is 10.0 Å². The van der Waals surface area contributed by atoms with Crippen molar-refractivity contribution in [2.45, 2.75) is 12.5 Å². The molecule has 1 aromatic carbocycles. The maximum absolute atomic E-state index is 6.23. The monoisotopic (exact) mass is 322 g/mol. The Hall–Kier alpha value is -1.29. The van der Waals surface area contributed by atoms with Crippen molar-refractivity contribution >= 4 is 23.2 Å². The Morgan fingerprint density at radius 2 is 2.00 bits per heavy atom. The summed E-state index contributed by atoms with van der Waals surface area (Å²) >= 11 is 12.5. The Labute approximate surface area is 134 Å². The van der Waals surface area contributed by atoms with E-state index >= 15 is 0 Å². The first-order valence-electron chi connectivity index (χ1n) is 6.97. The van der Waals surface area contributed by atoms with Crippen LogP contribution in [0.4, 0.5) is 0 Å². The number of aromatic nitrogens is 1. The third kappa shape index (κ3) is 3.31. The first-order valence-corrected chi connectivity index (χ1v) is 7.72. The zero-order chi connectivity index (χ0) is 14.7. The Morgan fingerprint density at radius 1 is 1.19 bits per heavy atom. The molecular weight excluding hydrogens is 307 g/mol. The number of nitrogens with one attached hydrogen (secondary N) is 1. The van der Waals surface area contributed by atoms with Crippen LogP contribution in [0.3, 0.4) is 0 Å². The Balaban J connectivity index is 1.92. The van der Waals surface area contributed by atoms with Crippen molar-refractivity contribution in [1.82, 2.24) is 10.3 Å². The average Bonchev–Trinajstić information content (AvgIpc) is 3.02. The minimum absolute atomic E-state index is 0.105. The zero-order valence-corrected chi connectivity index (χ0v) is 12.9. The van der Waals surface area contributed by atoms with Crippen molar-refractivity contribution in [3.05, 3.63) is 58.3 Å². The summed E-state index contributed by atoms with van der Waals surface area (Å²) in [6.45, 7) is 1.92. The SMILES string of the molecule is Clc1cccc(Cl)c1OC(c1cccnc1)C1CCNC1. The lowest BCUT2D eigenvalue weighted by molar-refractivity contribution is 0.144. The summed E-state index contributed by atoms with van der Waals surface area (Å²) in [6.07, 6.45) is 4.55. The molecule has 0 amide bonds. The van der Waals surface area contributed by atoms with Crippen LogP contribution in [0, 0.1) is 5.92 Å². The van der Waals surface area contributed by atoms with Gasteiger partial charge in [-0.15, -0.1) is 0 Å². The molecule has 110 valence electrons. The third-order valence-corrected chi connectivity index (χ3v) is 4.30. The smallest absolute Gasteiger partial charge is 0.157 e. The molecule has 0 radical (unpaired) electrons. The molecule has 2 unspecified atom stereocenters. The van der Waals surface area contributed by atoms with Crippen molar-refractivity contribution in [1.29, 1.82) is 0 Å². The lowest BCUT2D eigenvalue weighted by Crippen LogP contribution is -2.21. The molecule has 0 aliphatic carbocycles. The molecule has 1 fully saturated rings. The van der Waals surface area contributed by atoms with E-state index in [0.29, 0.717) is 21.7 Å². The van der Waals surface area contributed by atoms with Crippen molar-refractivity contribution in [3.63, 3.8) is 0 Å². The number of halogens is 2. The van der Waals surface area contributed by atoms with Crippen LogP contribution in [0.2, 0.25) is 10.0 Å². The van der Waals surface area contributed by atoms with Gasteiger partial charge in [0.2, 0.25) is 0 Å². The first-order chi connectivity index (χ1) is 10.3. The molecule has 2 atom stereocenters. The van der Waals surface area contributed by atoms with Gasteiger partial charge >= 0.3 is 0 Å². The van der Waals surface area contributed by atoms with E-state index in [0.717, 1.165) is 25.1 Å². The van der Waals surface area contributed by atoms with Crippen LogP contribution in [-0.2, 0) is 0 Å². The van der Waals surface area contributed by atoms with Crippen LogP contribution in [0.25, 0.3) is 0 Å². The molecule has 2 aromatic rings. The number of ether oxygens (including phenoxy) is 1. The van der Waals surface area contributed by atoms with Gasteiger partial charge in [0.1, 0.15) is 6.10 Å². The standard InChI is InChI=1S/C16H16Cl2N2O/c17-13-4-1-5-14(18)16(13)21-15(12-6-8-20-10-12)11-3-2-7-19-9-11/h1-5,7,9,12,15,20H,6,8,10H2. The molecule has 3 rings (SSSR count). The highest BCUT2D eigenvalue weighted by Crippen LogP contribution is 2.39. The predicted octanol–water partition coefficient (Wildman–Crippen LogP) is 4.12. The second kappa shape index (κ2) is 6.65. The highest BCUT2D eigenvalue weighted by molar-refractivity contribution is 6.37. The molecule has 5 heteroatoms. The highest BCUT2D eigenvalue weighted by Gasteiger charge is 2.29. The fourth-order valence-corrected chi connectivity index (χ4v) is 3.12. The topological polar surface area (TPSA) is 34.1 Å². The van der Waals surface area contributed by atoms with Gasteiger partial charge in [-0.3, -0.25) is 4.98 Å². The molecule has 2 heterocycles. The van der Waals surface area contributed by atoms with Gasteiger partial charge in [0.25, 0.3) is 0 Å². The molecule has 1 aliphatic rings. The van der Waals surface area contributed by atoms with Crippen LogP contribution in [-0.4, -0.2) is 18.1 Å². The molecule has 3 nitrogen and oxygen atoms in total. The number of para-hydroxylation sites is 1. The maximum Gasteiger partial charge on any atom is 0.157 e. The van der Waals surface area contributed by atoms with E-state index in [2.05, 4.69) is 10.3 Å². The quantitative estimate of drug-likeness (QED) is 0.919. The highest BCUT2D eigenvalue weighted by atomic mass is 35.5. The average molecular weight is 323 g/mol. The van der Waals surface area contributed by atoms with E-state index in [1.807, 2.05) is 24.4 Å². The van der Waals surface area contributed by atoms with E-state index in [4.69, 9.17) is 27.9 Å². The van der Waals surface area contributed by atoms with E-state index in [9.17, 15) is 0 Å². The summed E-state index contributed by atoms with van der Waals surface area (Å²) in [5.74, 6) is 0.920. The van der Waals surface area contributed by atoms with Gasteiger partial charge in [-0.05, 0) is 31.2 Å². The summed E-state index contributed by atoms with van der Waals surface area (Å²) in [5.41, 5.74) is 1.04. The van der Waals surface area contributed by atoms with E-state index in [1.54, 1.807) is 18.3 Å². The molecule has 0 spiro atoms. The summed E-state index contributed by atoms with van der Waals surface area (Å²) in [5, 5.41) is 4.43. The number of hydrogen-bond donors (Lipinski definition) is 1. The van der Waals surface area contributed by atoms with Crippen molar-refractivity contribution in [2.75, 3.05) is 13.1 Å². The fraction of sp³-hybridized carbons (Fsp3) is 0.312. The summed E-state index contributed by atoms with van der Waals surface area (Å²) < 4.78 is 6.20. The number of pyridine rings is 1. The summed E-state index contributed by atoms with van der Waals surface area (Å²) in [4.78, 5) is 4.20. The second-order valence-electron chi connectivity index (χ2n) is 5.13. The van der Waals surface area contributed by atoms with Crippen LogP contribution in [0.5, 0.6) is 5.75 Å². The largest absolute Gasteiger partial charge is 0.482 e. The zero-order valence-electron chi connectivity index (χ0n) is 11.4. The van der Waals surface area contributed by atoms with Crippen LogP contribution in [0.1, 0.15) is 18.1 Å². The second-order valence-corrected chi connectivity index (χ2v) is 5.94. The van der Waals surface area contributed by atoms with Crippen molar-refractivity contribution in [2.24, 2.45) is 5.92 Å². The molecular formula is C16H16Cl2N2O. The number of nitrogens with zero attached hydrogens (tertiary/aromatic N) is 1. The molecule has 1 N–H and O–H groups in total. The van der Waals surface area contributed by atoms with Gasteiger partial charge < -0.3 is 10.1 Å². The maximum atomic E-state index is 6.23. The van der Waals surface area contributed by atoms with E-state index < -0.39 is 0 Å². The van der Waals surface area contributed by atoms with Gasteiger partial charge in [-0.2, -0.15) is 0 Å².